The zero-order valence-electron chi connectivity index (χ0n) is 24.7. The highest BCUT2D eigenvalue weighted by Crippen LogP contribution is 2.46. The minimum atomic E-state index is -1.30. The van der Waals surface area contributed by atoms with Crippen molar-refractivity contribution < 1.29 is 33.7 Å². The molecule has 11 nitrogen and oxygen atoms in total. The predicted molar refractivity (Wildman–Crippen MR) is 151 cm³/mol. The number of aromatic nitrogens is 4. The number of esters is 1. The van der Waals surface area contributed by atoms with Crippen LogP contribution in [0.5, 0.6) is 0 Å². The fraction of sp³-hybridized carbons (Fsp3) is 0.759. The lowest BCUT2D eigenvalue weighted by atomic mass is 9.82. The Kier molecular flexibility index (Phi) is 12.4. The van der Waals surface area contributed by atoms with Crippen LogP contribution in [0, 0.1) is 6.08 Å². The van der Waals surface area contributed by atoms with E-state index in [1.165, 1.54) is 49.4 Å². The number of hydrogen-bond acceptors (Lipinski definition) is 9. The fourth-order valence-electron chi connectivity index (χ4n) is 5.27. The SMILES string of the molecule is CCCCCCCCCCCC(=O)OCCCC(=O)Nc1nc(F)nc2c1ncn2[C@H]1C[C@@](O)(CC)[C@@](C)(CO)O1. The minimum absolute atomic E-state index is 0.0449. The van der Waals surface area contributed by atoms with Crippen molar-refractivity contribution in [3.05, 3.63) is 12.4 Å². The van der Waals surface area contributed by atoms with Crippen LogP contribution in [0.4, 0.5) is 10.2 Å². The van der Waals surface area contributed by atoms with Gasteiger partial charge in [0.1, 0.15) is 11.8 Å². The average molecular weight is 580 g/mol. The number of carbonyl (C=O) groups excluding carboxylic acids is 2. The van der Waals surface area contributed by atoms with Gasteiger partial charge in [-0.1, -0.05) is 65.2 Å². The second-order valence-corrected chi connectivity index (χ2v) is 11.2. The summed E-state index contributed by atoms with van der Waals surface area (Å²) in [7, 11) is 0. The zero-order chi connectivity index (χ0) is 29.9. The summed E-state index contributed by atoms with van der Waals surface area (Å²) in [6.07, 6.45) is 11.3. The van der Waals surface area contributed by atoms with Gasteiger partial charge in [-0.15, -0.1) is 0 Å². The summed E-state index contributed by atoms with van der Waals surface area (Å²) in [5.41, 5.74) is -2.28. The summed E-state index contributed by atoms with van der Waals surface area (Å²) in [5, 5.41) is 23.4. The molecule has 0 radical (unpaired) electrons. The van der Waals surface area contributed by atoms with E-state index in [-0.39, 0.29) is 42.4 Å². The van der Waals surface area contributed by atoms with E-state index in [0.717, 1.165) is 19.3 Å². The van der Waals surface area contributed by atoms with E-state index in [1.807, 2.05) is 0 Å². The highest BCUT2D eigenvalue weighted by atomic mass is 19.1. The maximum Gasteiger partial charge on any atom is 0.312 e. The number of nitrogens with one attached hydrogen (secondary N) is 1. The molecule has 2 aromatic rings. The van der Waals surface area contributed by atoms with Crippen LogP contribution in [0.2, 0.25) is 0 Å². The molecule has 0 bridgehead atoms. The first-order valence-electron chi connectivity index (χ1n) is 15.0. The molecule has 41 heavy (non-hydrogen) atoms. The van der Waals surface area contributed by atoms with Gasteiger partial charge in [0.2, 0.25) is 5.91 Å². The van der Waals surface area contributed by atoms with Crippen LogP contribution in [0.3, 0.4) is 0 Å². The Balaban J connectivity index is 1.43. The van der Waals surface area contributed by atoms with Crippen LogP contribution in [0.1, 0.15) is 117 Å². The number of aliphatic hydroxyl groups excluding tert-OH is 1. The van der Waals surface area contributed by atoms with Gasteiger partial charge < -0.3 is 25.0 Å². The number of rotatable bonds is 18. The number of amides is 1. The van der Waals surface area contributed by atoms with Crippen LogP contribution in [-0.2, 0) is 19.1 Å². The summed E-state index contributed by atoms with van der Waals surface area (Å²) in [4.78, 5) is 36.3. The third kappa shape index (κ3) is 8.65. The van der Waals surface area contributed by atoms with Gasteiger partial charge in [-0.3, -0.25) is 14.2 Å². The van der Waals surface area contributed by atoms with Gasteiger partial charge in [0, 0.05) is 19.3 Å². The van der Waals surface area contributed by atoms with Crippen molar-refractivity contribution in [2.75, 3.05) is 18.5 Å². The highest BCUT2D eigenvalue weighted by Gasteiger charge is 2.55. The molecule has 0 spiro atoms. The Morgan fingerprint density at radius 1 is 1.10 bits per heavy atom. The topological polar surface area (TPSA) is 149 Å². The molecule has 1 aliphatic heterocycles. The zero-order valence-corrected chi connectivity index (χ0v) is 24.7. The second kappa shape index (κ2) is 15.5. The quantitative estimate of drug-likeness (QED) is 0.127. The Bertz CT molecular complexity index is 1130. The number of carbonyl (C=O) groups is 2. The number of aliphatic hydroxyl groups is 2. The average Bonchev–Trinajstić information content (AvgIpc) is 3.49. The van der Waals surface area contributed by atoms with Crippen LogP contribution in [0.25, 0.3) is 11.2 Å². The first kappa shape index (κ1) is 32.8. The van der Waals surface area contributed by atoms with Gasteiger partial charge in [-0.25, -0.2) is 4.98 Å². The van der Waals surface area contributed by atoms with Crippen molar-refractivity contribution in [1.29, 1.82) is 0 Å². The second-order valence-electron chi connectivity index (χ2n) is 11.2. The summed E-state index contributed by atoms with van der Waals surface area (Å²) in [5.74, 6) is -0.786. The lowest BCUT2D eigenvalue weighted by Gasteiger charge is -2.35. The molecule has 0 saturated carbocycles. The van der Waals surface area contributed by atoms with Crippen LogP contribution in [0.15, 0.2) is 6.33 Å². The summed E-state index contributed by atoms with van der Waals surface area (Å²) in [6, 6.07) is 0. The largest absolute Gasteiger partial charge is 0.466 e. The first-order chi connectivity index (χ1) is 19.7. The molecule has 1 saturated heterocycles. The molecule has 1 aliphatic rings. The van der Waals surface area contributed by atoms with E-state index in [0.29, 0.717) is 19.3 Å². The van der Waals surface area contributed by atoms with Gasteiger partial charge in [0.05, 0.1) is 25.1 Å². The molecular weight excluding hydrogens is 533 g/mol. The monoisotopic (exact) mass is 579 g/mol. The van der Waals surface area contributed by atoms with Crippen LogP contribution >= 0.6 is 0 Å². The van der Waals surface area contributed by atoms with Gasteiger partial charge in [0.25, 0.3) is 0 Å². The molecule has 3 heterocycles. The Labute approximate surface area is 241 Å². The van der Waals surface area contributed by atoms with E-state index >= 15 is 0 Å². The number of imidazole rings is 1. The van der Waals surface area contributed by atoms with E-state index < -0.39 is 36.0 Å². The fourth-order valence-corrected chi connectivity index (χ4v) is 5.27. The maximum absolute atomic E-state index is 14.4. The molecule has 3 rings (SSSR count). The number of hydrogen-bond donors (Lipinski definition) is 3. The van der Waals surface area contributed by atoms with Crippen molar-refractivity contribution in [2.24, 2.45) is 0 Å². The van der Waals surface area contributed by atoms with Crippen LogP contribution in [-0.4, -0.2) is 66.0 Å². The summed E-state index contributed by atoms with van der Waals surface area (Å²) in [6.45, 7) is 5.33. The molecule has 3 N–H and O–H groups in total. The molecule has 1 amide bonds. The Morgan fingerprint density at radius 3 is 2.41 bits per heavy atom. The lowest BCUT2D eigenvalue weighted by molar-refractivity contribution is -0.154. The minimum Gasteiger partial charge on any atom is -0.466 e. The maximum atomic E-state index is 14.4. The standard InChI is InChI=1S/C29H46FN5O6/c1-4-6-7-8-9-10-11-12-13-16-23(38)40-17-14-15-21(37)32-25-24-26(34-27(30)33-25)35(20-31-24)22-18-29(39,5-2)28(3,19-36)41-22/h20,22,36,39H,4-19H2,1-3H3,(H,32,33,34,37)/t22-,28-,29+/m1/s1. The number of ether oxygens (including phenoxy) is 2. The van der Waals surface area contributed by atoms with Crippen molar-refractivity contribution in [1.82, 2.24) is 19.5 Å². The number of halogens is 1. The normalized spacial score (nSPS) is 22.3. The van der Waals surface area contributed by atoms with E-state index in [2.05, 4.69) is 27.2 Å². The number of unbranched alkanes of at least 4 members (excludes halogenated alkanes) is 8. The third-order valence-electron chi connectivity index (χ3n) is 8.04. The van der Waals surface area contributed by atoms with Gasteiger partial charge in [-0.05, 0) is 26.2 Å². The molecule has 230 valence electrons. The smallest absolute Gasteiger partial charge is 0.312 e. The molecular formula is C29H46FN5O6. The van der Waals surface area contributed by atoms with E-state index in [4.69, 9.17) is 9.47 Å². The van der Waals surface area contributed by atoms with Gasteiger partial charge >= 0.3 is 12.0 Å². The Morgan fingerprint density at radius 2 is 1.78 bits per heavy atom. The Hall–Kier alpha value is -2.70. The molecule has 2 aromatic heterocycles. The van der Waals surface area contributed by atoms with Gasteiger partial charge in [-0.2, -0.15) is 14.4 Å². The van der Waals surface area contributed by atoms with Crippen molar-refractivity contribution in [3.8, 4) is 0 Å². The molecule has 0 unspecified atom stereocenters. The van der Waals surface area contributed by atoms with Crippen molar-refractivity contribution in [3.63, 3.8) is 0 Å². The molecule has 3 atom stereocenters. The molecule has 0 aromatic carbocycles. The number of anilines is 1. The van der Waals surface area contributed by atoms with Gasteiger partial charge in [0.15, 0.2) is 17.0 Å². The lowest BCUT2D eigenvalue weighted by Crippen LogP contribution is -2.50. The summed E-state index contributed by atoms with van der Waals surface area (Å²) < 4.78 is 27.0. The molecule has 12 heteroatoms. The third-order valence-corrected chi connectivity index (χ3v) is 8.04. The number of fused-ring (bicyclic) bond motifs is 1. The van der Waals surface area contributed by atoms with E-state index in [9.17, 15) is 24.2 Å². The van der Waals surface area contributed by atoms with Crippen molar-refractivity contribution in [2.45, 2.75) is 128 Å². The predicted octanol–water partition coefficient (Wildman–Crippen LogP) is 4.96. The van der Waals surface area contributed by atoms with E-state index in [1.54, 1.807) is 13.8 Å². The molecule has 1 fully saturated rings. The highest BCUT2D eigenvalue weighted by molar-refractivity contribution is 5.96. The molecule has 0 aliphatic carbocycles. The number of nitrogens with zero attached hydrogens (tertiary/aromatic N) is 4. The first-order valence-corrected chi connectivity index (χ1v) is 15.0. The van der Waals surface area contributed by atoms with Crippen LogP contribution < -0.4 is 5.32 Å². The van der Waals surface area contributed by atoms with Crippen molar-refractivity contribution >= 4 is 28.9 Å². The summed E-state index contributed by atoms with van der Waals surface area (Å²) >= 11 is 0.